The van der Waals surface area contributed by atoms with Crippen LogP contribution in [-0.2, 0) is 4.79 Å². The van der Waals surface area contributed by atoms with Crippen molar-refractivity contribution in [2.45, 2.75) is 62.6 Å². The van der Waals surface area contributed by atoms with Gasteiger partial charge in [-0.05, 0) is 56.3 Å². The van der Waals surface area contributed by atoms with E-state index in [-0.39, 0.29) is 11.5 Å². The minimum absolute atomic E-state index is 0.0186. The summed E-state index contributed by atoms with van der Waals surface area (Å²) in [6, 6.07) is 0.813. The Labute approximate surface area is 119 Å². The predicted octanol–water partition coefficient (Wildman–Crippen LogP) is 0.876. The molecule has 5 rings (SSSR count). The van der Waals surface area contributed by atoms with E-state index in [4.69, 9.17) is 5.73 Å². The van der Waals surface area contributed by atoms with Crippen LogP contribution in [0.3, 0.4) is 0 Å². The van der Waals surface area contributed by atoms with Gasteiger partial charge in [-0.15, -0.1) is 0 Å². The molecule has 3 N–H and O–H groups in total. The van der Waals surface area contributed by atoms with Gasteiger partial charge < -0.3 is 15.7 Å². The molecule has 1 heterocycles. The molecule has 0 bridgehead atoms. The monoisotopic (exact) mass is 276 g/mol. The van der Waals surface area contributed by atoms with E-state index in [0.29, 0.717) is 30.2 Å². The van der Waals surface area contributed by atoms with Gasteiger partial charge in [0.05, 0.1) is 5.60 Å². The Kier molecular flexibility index (Phi) is 2.04. The zero-order valence-corrected chi connectivity index (χ0v) is 11.9. The van der Waals surface area contributed by atoms with Crippen molar-refractivity contribution in [3.8, 4) is 0 Å². The van der Waals surface area contributed by atoms with Gasteiger partial charge in [0.25, 0.3) is 0 Å². The standard InChI is InChI=1S/C16H24N2O2/c17-12-4-10-6-15(20)7-11(16(10,15)8-12)5-14(19)18-2-1-9-3-13(9)18/h9-13,20H,1-8,17H2. The van der Waals surface area contributed by atoms with Crippen LogP contribution in [-0.4, -0.2) is 40.1 Å². The van der Waals surface area contributed by atoms with Gasteiger partial charge in [-0.25, -0.2) is 0 Å². The topological polar surface area (TPSA) is 66.6 Å². The van der Waals surface area contributed by atoms with E-state index >= 15 is 0 Å². The first-order valence-electron chi connectivity index (χ1n) is 8.31. The number of hydrogen-bond donors (Lipinski definition) is 2. The Morgan fingerprint density at radius 3 is 2.75 bits per heavy atom. The van der Waals surface area contributed by atoms with E-state index in [2.05, 4.69) is 4.90 Å². The van der Waals surface area contributed by atoms with Crippen molar-refractivity contribution in [3.05, 3.63) is 0 Å². The lowest BCUT2D eigenvalue weighted by atomic mass is 9.35. The highest BCUT2D eigenvalue weighted by Gasteiger charge is 2.77. The summed E-state index contributed by atoms with van der Waals surface area (Å²) in [7, 11) is 0. The summed E-state index contributed by atoms with van der Waals surface area (Å²) in [4.78, 5) is 14.7. The van der Waals surface area contributed by atoms with Crippen LogP contribution >= 0.6 is 0 Å². The van der Waals surface area contributed by atoms with Crippen LogP contribution in [0.5, 0.6) is 0 Å². The molecule has 0 radical (unpaired) electrons. The summed E-state index contributed by atoms with van der Waals surface area (Å²) in [6.45, 7) is 0.973. The van der Waals surface area contributed by atoms with Crippen molar-refractivity contribution < 1.29 is 9.90 Å². The number of carbonyl (C=O) groups excluding carboxylic acids is 1. The second-order valence-electron chi connectivity index (χ2n) is 8.22. The zero-order chi connectivity index (χ0) is 13.7. The van der Waals surface area contributed by atoms with Crippen molar-refractivity contribution in [1.29, 1.82) is 0 Å². The molecule has 7 unspecified atom stereocenters. The molecule has 0 aromatic carbocycles. The molecule has 1 amide bonds. The van der Waals surface area contributed by atoms with Gasteiger partial charge in [-0.2, -0.15) is 0 Å². The van der Waals surface area contributed by atoms with Crippen molar-refractivity contribution in [2.75, 3.05) is 6.54 Å². The molecule has 20 heavy (non-hydrogen) atoms. The number of likely N-dealkylation sites (tertiary alicyclic amines) is 1. The number of rotatable bonds is 2. The van der Waals surface area contributed by atoms with Gasteiger partial charge in [0.2, 0.25) is 5.91 Å². The third-order valence-corrected chi connectivity index (χ3v) is 7.45. The Balaban J connectivity index is 1.32. The SMILES string of the molecule is NC1CC2CC3(O)CC(CC(=O)N4CCC5CC54)C23C1. The minimum Gasteiger partial charge on any atom is -0.389 e. The summed E-state index contributed by atoms with van der Waals surface area (Å²) < 4.78 is 0. The molecule has 4 heteroatoms. The number of hydrogen-bond acceptors (Lipinski definition) is 3. The number of amides is 1. The maximum absolute atomic E-state index is 12.5. The lowest BCUT2D eigenvalue weighted by Gasteiger charge is -2.72. The van der Waals surface area contributed by atoms with Crippen LogP contribution in [0, 0.1) is 23.2 Å². The first-order chi connectivity index (χ1) is 9.53. The van der Waals surface area contributed by atoms with Crippen LogP contribution in [0.15, 0.2) is 0 Å². The fraction of sp³-hybridized carbons (Fsp3) is 0.938. The number of carbonyl (C=O) groups is 1. The number of nitrogens with two attached hydrogens (primary N) is 1. The zero-order valence-electron chi connectivity index (χ0n) is 11.9. The van der Waals surface area contributed by atoms with Crippen LogP contribution in [0.2, 0.25) is 0 Å². The van der Waals surface area contributed by atoms with Crippen molar-refractivity contribution >= 4 is 5.91 Å². The van der Waals surface area contributed by atoms with Crippen molar-refractivity contribution in [1.82, 2.24) is 4.90 Å². The van der Waals surface area contributed by atoms with Gasteiger partial charge in [0, 0.05) is 30.5 Å². The molecule has 1 saturated heterocycles. The smallest absolute Gasteiger partial charge is 0.223 e. The molecule has 0 aromatic heterocycles. The Morgan fingerprint density at radius 2 is 2.15 bits per heavy atom. The maximum atomic E-state index is 12.5. The second-order valence-corrected chi connectivity index (χ2v) is 8.22. The molecule has 1 spiro atoms. The van der Waals surface area contributed by atoms with Crippen LogP contribution in [0.4, 0.5) is 0 Å². The normalized spacial score (nSPS) is 58.3. The molecule has 1 aliphatic heterocycles. The summed E-state index contributed by atoms with van der Waals surface area (Å²) in [5.74, 6) is 2.14. The van der Waals surface area contributed by atoms with Gasteiger partial charge in [0.15, 0.2) is 0 Å². The molecule has 110 valence electrons. The first kappa shape index (κ1) is 12.0. The Hall–Kier alpha value is -0.610. The summed E-state index contributed by atoms with van der Waals surface area (Å²) >= 11 is 0. The van der Waals surface area contributed by atoms with E-state index in [1.807, 2.05) is 0 Å². The highest BCUT2D eigenvalue weighted by Crippen LogP contribution is 2.76. The number of aliphatic hydroxyl groups is 1. The van der Waals surface area contributed by atoms with Crippen molar-refractivity contribution in [3.63, 3.8) is 0 Å². The highest BCUT2D eigenvalue weighted by molar-refractivity contribution is 5.78. The van der Waals surface area contributed by atoms with Gasteiger partial charge >= 0.3 is 0 Å². The molecule has 5 fully saturated rings. The van der Waals surface area contributed by atoms with E-state index in [0.717, 1.165) is 38.1 Å². The third-order valence-electron chi connectivity index (χ3n) is 7.45. The number of nitrogens with zero attached hydrogens (tertiary/aromatic N) is 1. The molecular formula is C16H24N2O2. The Morgan fingerprint density at radius 1 is 1.30 bits per heavy atom. The molecular weight excluding hydrogens is 252 g/mol. The third kappa shape index (κ3) is 1.20. The minimum atomic E-state index is -0.468. The molecule has 7 atom stereocenters. The van der Waals surface area contributed by atoms with E-state index in [9.17, 15) is 9.90 Å². The summed E-state index contributed by atoms with van der Waals surface area (Å²) in [6.07, 6.45) is 6.88. The number of fused-ring (bicyclic) bond motifs is 1. The first-order valence-corrected chi connectivity index (χ1v) is 8.31. The quantitative estimate of drug-likeness (QED) is 0.786. The van der Waals surface area contributed by atoms with Crippen LogP contribution in [0.25, 0.3) is 0 Å². The molecule has 4 saturated carbocycles. The van der Waals surface area contributed by atoms with Gasteiger partial charge in [-0.1, -0.05) is 0 Å². The van der Waals surface area contributed by atoms with Gasteiger partial charge in [-0.3, -0.25) is 4.79 Å². The average molecular weight is 276 g/mol. The average Bonchev–Trinajstić information content (AvgIpc) is 2.91. The number of piperidine rings is 1. The molecule has 4 nitrogen and oxygen atoms in total. The van der Waals surface area contributed by atoms with Crippen molar-refractivity contribution in [2.24, 2.45) is 28.9 Å². The fourth-order valence-corrected chi connectivity index (χ4v) is 6.46. The van der Waals surface area contributed by atoms with Crippen LogP contribution < -0.4 is 5.73 Å². The predicted molar refractivity (Wildman–Crippen MR) is 73.6 cm³/mol. The van der Waals surface area contributed by atoms with E-state index in [1.165, 1.54) is 12.8 Å². The molecule has 4 aliphatic carbocycles. The lowest BCUT2D eigenvalue weighted by Crippen LogP contribution is -2.74. The Bertz CT molecular complexity index is 495. The maximum Gasteiger partial charge on any atom is 0.223 e. The highest BCUT2D eigenvalue weighted by atomic mass is 16.3. The van der Waals surface area contributed by atoms with Gasteiger partial charge in [0.1, 0.15) is 0 Å². The molecule has 5 aliphatic rings. The summed E-state index contributed by atoms with van der Waals surface area (Å²) in [5, 5.41) is 10.7. The summed E-state index contributed by atoms with van der Waals surface area (Å²) in [5.41, 5.74) is 5.68. The largest absolute Gasteiger partial charge is 0.389 e. The van der Waals surface area contributed by atoms with Crippen LogP contribution in [0.1, 0.15) is 44.9 Å². The second kappa shape index (κ2) is 3.41. The van der Waals surface area contributed by atoms with E-state index in [1.54, 1.807) is 0 Å². The lowest BCUT2D eigenvalue weighted by molar-refractivity contribution is -0.309. The van der Waals surface area contributed by atoms with E-state index < -0.39 is 5.60 Å². The molecule has 0 aromatic rings. The fourth-order valence-electron chi connectivity index (χ4n) is 6.46.